The molecule has 0 saturated heterocycles. The van der Waals surface area contributed by atoms with Gasteiger partial charge in [-0.2, -0.15) is 0 Å². The number of carboxylic acids is 1. The second-order valence-electron chi connectivity index (χ2n) is 5.61. The Morgan fingerprint density at radius 3 is 2.52 bits per heavy atom. The van der Waals surface area contributed by atoms with Crippen molar-refractivity contribution in [1.29, 1.82) is 0 Å². The standard InChI is InChI=1S/C15H17BrN2O5/c16-10-6-7-11(12(8-10)18(22)23)14(19)17-13(15(20)21)9-4-2-1-3-5-9/h6-9,13H,1-5H2,(H,17,19)(H,20,21). The number of hydrogen-bond acceptors (Lipinski definition) is 4. The molecule has 0 aromatic heterocycles. The molecule has 1 unspecified atom stereocenters. The van der Waals surface area contributed by atoms with E-state index in [9.17, 15) is 24.8 Å². The van der Waals surface area contributed by atoms with E-state index in [0.29, 0.717) is 4.47 Å². The van der Waals surface area contributed by atoms with Gasteiger partial charge in [0, 0.05) is 10.5 Å². The summed E-state index contributed by atoms with van der Waals surface area (Å²) < 4.78 is 0.475. The van der Waals surface area contributed by atoms with Gasteiger partial charge in [0.1, 0.15) is 11.6 Å². The van der Waals surface area contributed by atoms with Crippen molar-refractivity contribution < 1.29 is 19.6 Å². The third-order valence-electron chi connectivity index (χ3n) is 4.07. The van der Waals surface area contributed by atoms with Crippen LogP contribution in [0.15, 0.2) is 22.7 Å². The Morgan fingerprint density at radius 1 is 1.30 bits per heavy atom. The zero-order valence-corrected chi connectivity index (χ0v) is 13.9. The van der Waals surface area contributed by atoms with Crippen molar-refractivity contribution in [3.63, 3.8) is 0 Å². The van der Waals surface area contributed by atoms with E-state index >= 15 is 0 Å². The second-order valence-corrected chi connectivity index (χ2v) is 6.52. The minimum Gasteiger partial charge on any atom is -0.480 e. The van der Waals surface area contributed by atoms with Crippen LogP contribution >= 0.6 is 15.9 Å². The van der Waals surface area contributed by atoms with Gasteiger partial charge in [-0.3, -0.25) is 14.9 Å². The number of halogens is 1. The van der Waals surface area contributed by atoms with Gasteiger partial charge < -0.3 is 10.4 Å². The molecular formula is C15H17BrN2O5. The Balaban J connectivity index is 2.22. The van der Waals surface area contributed by atoms with Crippen molar-refractivity contribution in [3.8, 4) is 0 Å². The van der Waals surface area contributed by atoms with Crippen LogP contribution in [0.1, 0.15) is 42.5 Å². The molecule has 8 heteroatoms. The first-order valence-electron chi connectivity index (χ1n) is 7.37. The molecule has 7 nitrogen and oxygen atoms in total. The van der Waals surface area contributed by atoms with Crippen LogP contribution in [0.3, 0.4) is 0 Å². The molecule has 1 saturated carbocycles. The number of carbonyl (C=O) groups is 2. The lowest BCUT2D eigenvalue weighted by atomic mass is 9.84. The van der Waals surface area contributed by atoms with Crippen molar-refractivity contribution in [2.75, 3.05) is 0 Å². The Labute approximate surface area is 141 Å². The fraction of sp³-hybridized carbons (Fsp3) is 0.467. The van der Waals surface area contributed by atoms with E-state index in [2.05, 4.69) is 21.2 Å². The maximum Gasteiger partial charge on any atom is 0.326 e. The van der Waals surface area contributed by atoms with Gasteiger partial charge in [-0.25, -0.2) is 4.79 Å². The van der Waals surface area contributed by atoms with Gasteiger partial charge in [0.2, 0.25) is 0 Å². The number of hydrogen-bond donors (Lipinski definition) is 2. The Kier molecular flexibility index (Phi) is 5.70. The SMILES string of the molecule is O=C(NC(C(=O)O)C1CCCCC1)c1ccc(Br)cc1[N+](=O)[O-]. The van der Waals surface area contributed by atoms with Crippen molar-refractivity contribution in [2.24, 2.45) is 5.92 Å². The molecular weight excluding hydrogens is 368 g/mol. The smallest absolute Gasteiger partial charge is 0.326 e. The molecule has 1 atom stereocenters. The summed E-state index contributed by atoms with van der Waals surface area (Å²) in [7, 11) is 0. The Hall–Kier alpha value is -1.96. The number of carbonyl (C=O) groups excluding carboxylic acids is 1. The topological polar surface area (TPSA) is 110 Å². The molecule has 0 radical (unpaired) electrons. The molecule has 124 valence electrons. The first-order valence-corrected chi connectivity index (χ1v) is 8.17. The van der Waals surface area contributed by atoms with Crippen LogP contribution < -0.4 is 5.32 Å². The van der Waals surface area contributed by atoms with Crippen LogP contribution in [0.4, 0.5) is 5.69 Å². The number of carboxylic acid groups (broad SMARTS) is 1. The van der Waals surface area contributed by atoms with Gasteiger partial charge in [-0.15, -0.1) is 0 Å². The highest BCUT2D eigenvalue weighted by Crippen LogP contribution is 2.28. The van der Waals surface area contributed by atoms with E-state index < -0.39 is 22.8 Å². The molecule has 1 amide bonds. The van der Waals surface area contributed by atoms with Crippen molar-refractivity contribution in [1.82, 2.24) is 5.32 Å². The molecule has 0 spiro atoms. The number of benzene rings is 1. The second kappa shape index (κ2) is 7.54. The molecule has 0 aliphatic heterocycles. The number of nitrogens with zero attached hydrogens (tertiary/aromatic N) is 1. The van der Waals surface area contributed by atoms with Crippen LogP contribution in [-0.4, -0.2) is 27.9 Å². The summed E-state index contributed by atoms with van der Waals surface area (Å²) in [5, 5.41) is 22.9. The van der Waals surface area contributed by atoms with Crippen LogP contribution in [0.2, 0.25) is 0 Å². The van der Waals surface area contributed by atoms with Crippen LogP contribution in [-0.2, 0) is 4.79 Å². The number of rotatable bonds is 5. The van der Waals surface area contributed by atoms with Gasteiger partial charge in [0.15, 0.2) is 0 Å². The summed E-state index contributed by atoms with van der Waals surface area (Å²) in [6.07, 6.45) is 4.40. The summed E-state index contributed by atoms with van der Waals surface area (Å²) >= 11 is 3.12. The molecule has 2 N–H and O–H groups in total. The fourth-order valence-corrected chi connectivity index (χ4v) is 3.26. The minimum atomic E-state index is -1.11. The summed E-state index contributed by atoms with van der Waals surface area (Å²) in [4.78, 5) is 34.3. The number of amides is 1. The molecule has 1 fully saturated rings. The molecule has 1 aromatic carbocycles. The van der Waals surface area contributed by atoms with Gasteiger partial charge >= 0.3 is 5.97 Å². The summed E-state index contributed by atoms with van der Waals surface area (Å²) in [5.41, 5.74) is -0.495. The van der Waals surface area contributed by atoms with Crippen molar-refractivity contribution >= 4 is 33.5 Å². The van der Waals surface area contributed by atoms with Crippen LogP contribution in [0.5, 0.6) is 0 Å². The maximum absolute atomic E-state index is 12.3. The quantitative estimate of drug-likeness (QED) is 0.598. The van der Waals surface area contributed by atoms with Crippen LogP contribution in [0, 0.1) is 16.0 Å². The average molecular weight is 385 g/mol. The third-order valence-corrected chi connectivity index (χ3v) is 4.57. The summed E-state index contributed by atoms with van der Waals surface area (Å²) in [6.45, 7) is 0. The first-order chi connectivity index (χ1) is 10.9. The van der Waals surface area contributed by atoms with E-state index in [-0.39, 0.29) is 17.2 Å². The largest absolute Gasteiger partial charge is 0.480 e. The number of nitrogens with one attached hydrogen (secondary N) is 1. The van der Waals surface area contributed by atoms with E-state index in [4.69, 9.17) is 0 Å². The molecule has 2 rings (SSSR count). The molecule has 23 heavy (non-hydrogen) atoms. The van der Waals surface area contributed by atoms with E-state index in [0.717, 1.165) is 32.1 Å². The number of aliphatic carboxylic acids is 1. The molecule has 1 aliphatic rings. The summed E-state index contributed by atoms with van der Waals surface area (Å²) in [6, 6.07) is 3.03. The van der Waals surface area contributed by atoms with Gasteiger partial charge in [0.05, 0.1) is 4.92 Å². The van der Waals surface area contributed by atoms with Crippen molar-refractivity contribution in [2.45, 2.75) is 38.1 Å². The first kappa shape index (κ1) is 17.4. The lowest BCUT2D eigenvalue weighted by Crippen LogP contribution is -2.46. The molecule has 1 aromatic rings. The van der Waals surface area contributed by atoms with E-state index in [1.165, 1.54) is 18.2 Å². The molecule has 1 aliphatic carbocycles. The highest BCUT2D eigenvalue weighted by atomic mass is 79.9. The van der Waals surface area contributed by atoms with Gasteiger partial charge in [0.25, 0.3) is 11.6 Å². The average Bonchev–Trinajstić information content (AvgIpc) is 2.52. The van der Waals surface area contributed by atoms with Gasteiger partial charge in [-0.05, 0) is 30.9 Å². The van der Waals surface area contributed by atoms with E-state index in [1.807, 2.05) is 0 Å². The summed E-state index contributed by atoms with van der Waals surface area (Å²) in [5.74, 6) is -1.98. The lowest BCUT2D eigenvalue weighted by Gasteiger charge is -2.28. The Bertz CT molecular complexity index is 628. The fourth-order valence-electron chi connectivity index (χ4n) is 2.92. The monoisotopic (exact) mass is 384 g/mol. The highest BCUT2D eigenvalue weighted by molar-refractivity contribution is 9.10. The minimum absolute atomic E-state index is 0.139. The van der Waals surface area contributed by atoms with Gasteiger partial charge in [-0.1, -0.05) is 35.2 Å². The molecule has 0 heterocycles. The van der Waals surface area contributed by atoms with Crippen LogP contribution in [0.25, 0.3) is 0 Å². The molecule has 0 bridgehead atoms. The highest BCUT2D eigenvalue weighted by Gasteiger charge is 2.32. The predicted octanol–water partition coefficient (Wildman–Crippen LogP) is 3.12. The third kappa shape index (κ3) is 4.28. The zero-order chi connectivity index (χ0) is 17.0. The van der Waals surface area contributed by atoms with E-state index in [1.54, 1.807) is 0 Å². The maximum atomic E-state index is 12.3. The predicted molar refractivity (Wildman–Crippen MR) is 86.3 cm³/mol. The van der Waals surface area contributed by atoms with Crippen molar-refractivity contribution in [3.05, 3.63) is 38.3 Å². The zero-order valence-electron chi connectivity index (χ0n) is 12.3. The lowest BCUT2D eigenvalue weighted by molar-refractivity contribution is -0.385. The Morgan fingerprint density at radius 2 is 1.96 bits per heavy atom. The normalized spacial score (nSPS) is 16.6. The number of nitro groups is 1. The number of nitro benzene ring substituents is 1.